The van der Waals surface area contributed by atoms with Crippen molar-refractivity contribution in [3.63, 3.8) is 0 Å². The van der Waals surface area contributed by atoms with E-state index in [1.54, 1.807) is 0 Å². The zero-order valence-electron chi connectivity index (χ0n) is 9.79. The van der Waals surface area contributed by atoms with Gasteiger partial charge in [0.1, 0.15) is 0 Å². The van der Waals surface area contributed by atoms with E-state index >= 15 is 0 Å². The fourth-order valence-corrected chi connectivity index (χ4v) is 1.57. The second-order valence-electron chi connectivity index (χ2n) is 3.68. The summed E-state index contributed by atoms with van der Waals surface area (Å²) in [4.78, 5) is 13.4. The molecule has 0 saturated carbocycles. The Bertz CT molecular complexity index is 333. The molecule has 1 aliphatic heterocycles. The summed E-state index contributed by atoms with van der Waals surface area (Å²) in [6.45, 7) is 7.84. The van der Waals surface area contributed by atoms with Crippen LogP contribution in [0, 0.1) is 0 Å². The molecule has 0 saturated heterocycles. The van der Waals surface area contributed by atoms with Gasteiger partial charge in [-0.15, -0.1) is 0 Å². The third-order valence-electron chi connectivity index (χ3n) is 2.28. The molecule has 1 aromatic carbocycles. The molecule has 1 aromatic rings. The first-order valence-electron chi connectivity index (χ1n) is 5.61. The Morgan fingerprint density at radius 1 is 1.20 bits per heavy atom. The van der Waals surface area contributed by atoms with Crippen LogP contribution in [-0.4, -0.2) is 17.4 Å². The molecule has 1 amide bonds. The Balaban J connectivity index is 0.000000337. The van der Waals surface area contributed by atoms with Crippen molar-refractivity contribution in [2.24, 2.45) is 0 Å². The summed E-state index contributed by atoms with van der Waals surface area (Å²) >= 11 is 0. The van der Waals surface area contributed by atoms with Crippen molar-refractivity contribution in [3.05, 3.63) is 35.4 Å². The van der Waals surface area contributed by atoms with Crippen LogP contribution in [0.5, 0.6) is 0 Å². The summed E-state index contributed by atoms with van der Waals surface area (Å²) < 4.78 is 0. The normalized spacial score (nSPS) is 13.3. The number of hydrogen-bond acceptors (Lipinski definition) is 1. The van der Waals surface area contributed by atoms with E-state index in [0.717, 1.165) is 24.2 Å². The summed E-state index contributed by atoms with van der Waals surface area (Å²) in [6, 6.07) is 7.80. The first kappa shape index (κ1) is 11.8. The van der Waals surface area contributed by atoms with Gasteiger partial charge in [0.25, 0.3) is 5.91 Å². The monoisotopic (exact) mass is 205 g/mol. The number of carbonyl (C=O) groups excluding carboxylic acids is 1. The topological polar surface area (TPSA) is 20.3 Å². The minimum atomic E-state index is 0.174. The highest BCUT2D eigenvalue weighted by Crippen LogP contribution is 2.21. The second kappa shape index (κ2) is 5.54. The molecule has 0 aromatic heterocycles. The van der Waals surface area contributed by atoms with E-state index in [9.17, 15) is 4.79 Å². The van der Waals surface area contributed by atoms with Crippen molar-refractivity contribution in [3.8, 4) is 0 Å². The number of carbonyl (C=O) groups is 1. The SMILES string of the molecule is CCC.CCN1Cc2ccccc2C1=O. The molecule has 0 fully saturated rings. The molecular weight excluding hydrogens is 186 g/mol. The molecular formula is C13H19NO. The smallest absolute Gasteiger partial charge is 0.254 e. The third-order valence-corrected chi connectivity index (χ3v) is 2.28. The number of hydrogen-bond donors (Lipinski definition) is 0. The molecule has 0 atom stereocenters. The fourth-order valence-electron chi connectivity index (χ4n) is 1.57. The van der Waals surface area contributed by atoms with Crippen molar-refractivity contribution < 1.29 is 4.79 Å². The maximum atomic E-state index is 11.6. The number of rotatable bonds is 1. The number of benzene rings is 1. The van der Waals surface area contributed by atoms with Crippen molar-refractivity contribution in [1.82, 2.24) is 4.90 Å². The molecule has 2 nitrogen and oxygen atoms in total. The lowest BCUT2D eigenvalue weighted by molar-refractivity contribution is 0.0787. The van der Waals surface area contributed by atoms with Crippen LogP contribution in [0.15, 0.2) is 24.3 Å². The van der Waals surface area contributed by atoms with Crippen LogP contribution in [0.1, 0.15) is 43.1 Å². The van der Waals surface area contributed by atoms with E-state index in [-0.39, 0.29) is 5.91 Å². The van der Waals surface area contributed by atoms with Gasteiger partial charge in [-0.2, -0.15) is 0 Å². The predicted molar refractivity (Wildman–Crippen MR) is 62.8 cm³/mol. The molecule has 1 aliphatic rings. The van der Waals surface area contributed by atoms with Crippen molar-refractivity contribution in [2.75, 3.05) is 6.54 Å². The average Bonchev–Trinajstić information content (AvgIpc) is 2.57. The summed E-state index contributed by atoms with van der Waals surface area (Å²) in [6.07, 6.45) is 1.25. The van der Waals surface area contributed by atoms with Crippen LogP contribution < -0.4 is 0 Å². The fraction of sp³-hybridized carbons (Fsp3) is 0.462. The summed E-state index contributed by atoms with van der Waals surface area (Å²) in [5, 5.41) is 0. The molecule has 2 heteroatoms. The maximum absolute atomic E-state index is 11.6. The molecule has 0 aliphatic carbocycles. The Morgan fingerprint density at radius 2 is 1.80 bits per heavy atom. The largest absolute Gasteiger partial charge is 0.335 e. The minimum absolute atomic E-state index is 0.174. The average molecular weight is 205 g/mol. The van der Waals surface area contributed by atoms with E-state index in [0.29, 0.717) is 0 Å². The van der Waals surface area contributed by atoms with Gasteiger partial charge in [0.15, 0.2) is 0 Å². The molecule has 0 bridgehead atoms. The minimum Gasteiger partial charge on any atom is -0.335 e. The van der Waals surface area contributed by atoms with Gasteiger partial charge in [0.05, 0.1) is 0 Å². The Kier molecular flexibility index (Phi) is 4.35. The molecule has 82 valence electrons. The van der Waals surface area contributed by atoms with Crippen LogP contribution in [-0.2, 0) is 6.54 Å². The predicted octanol–water partition coefficient (Wildman–Crippen LogP) is 3.08. The number of amides is 1. The molecule has 0 spiro atoms. The van der Waals surface area contributed by atoms with Gasteiger partial charge in [-0.3, -0.25) is 4.79 Å². The molecule has 15 heavy (non-hydrogen) atoms. The van der Waals surface area contributed by atoms with E-state index in [2.05, 4.69) is 13.8 Å². The zero-order chi connectivity index (χ0) is 11.3. The Hall–Kier alpha value is -1.31. The Labute approximate surface area is 91.9 Å². The molecule has 2 rings (SSSR count). The molecule has 1 heterocycles. The number of fused-ring (bicyclic) bond motifs is 1. The lowest BCUT2D eigenvalue weighted by Crippen LogP contribution is -2.22. The van der Waals surface area contributed by atoms with Crippen LogP contribution in [0.3, 0.4) is 0 Å². The zero-order valence-corrected chi connectivity index (χ0v) is 9.79. The molecule has 0 unspecified atom stereocenters. The van der Waals surface area contributed by atoms with Gasteiger partial charge in [-0.1, -0.05) is 38.5 Å². The highest BCUT2D eigenvalue weighted by molar-refractivity contribution is 5.98. The second-order valence-corrected chi connectivity index (χ2v) is 3.68. The van der Waals surface area contributed by atoms with Crippen molar-refractivity contribution >= 4 is 5.91 Å². The van der Waals surface area contributed by atoms with E-state index < -0.39 is 0 Å². The van der Waals surface area contributed by atoms with E-state index in [1.165, 1.54) is 6.42 Å². The van der Waals surface area contributed by atoms with Gasteiger partial charge < -0.3 is 4.90 Å². The van der Waals surface area contributed by atoms with Crippen molar-refractivity contribution in [2.45, 2.75) is 33.7 Å². The van der Waals surface area contributed by atoms with Crippen LogP contribution in [0.25, 0.3) is 0 Å². The van der Waals surface area contributed by atoms with Gasteiger partial charge >= 0.3 is 0 Å². The van der Waals surface area contributed by atoms with Gasteiger partial charge in [0, 0.05) is 18.7 Å². The highest BCUT2D eigenvalue weighted by atomic mass is 16.2. The first-order chi connectivity index (χ1) is 7.24. The van der Waals surface area contributed by atoms with E-state index in [4.69, 9.17) is 0 Å². The van der Waals surface area contributed by atoms with Gasteiger partial charge in [-0.25, -0.2) is 0 Å². The number of nitrogens with zero attached hydrogens (tertiary/aromatic N) is 1. The van der Waals surface area contributed by atoms with Crippen molar-refractivity contribution in [1.29, 1.82) is 0 Å². The van der Waals surface area contributed by atoms with Gasteiger partial charge in [0.2, 0.25) is 0 Å². The van der Waals surface area contributed by atoms with Crippen LogP contribution >= 0.6 is 0 Å². The van der Waals surface area contributed by atoms with Crippen LogP contribution in [0.2, 0.25) is 0 Å². The molecule has 0 N–H and O–H groups in total. The Morgan fingerprint density at radius 3 is 2.33 bits per heavy atom. The lowest BCUT2D eigenvalue weighted by Gasteiger charge is -2.10. The van der Waals surface area contributed by atoms with Crippen LogP contribution in [0.4, 0.5) is 0 Å². The van der Waals surface area contributed by atoms with E-state index in [1.807, 2.05) is 36.1 Å². The first-order valence-corrected chi connectivity index (χ1v) is 5.61. The lowest BCUT2D eigenvalue weighted by atomic mass is 10.1. The quantitative estimate of drug-likeness (QED) is 0.690. The third kappa shape index (κ3) is 2.58. The van der Waals surface area contributed by atoms with Gasteiger partial charge in [-0.05, 0) is 18.6 Å². The summed E-state index contributed by atoms with van der Waals surface area (Å²) in [7, 11) is 0. The molecule has 0 radical (unpaired) electrons. The standard InChI is InChI=1S/C10H11NO.C3H8/c1-2-11-7-8-5-3-4-6-9(8)10(11)12;1-3-2/h3-6H,2,7H2,1H3;3H2,1-2H3. The maximum Gasteiger partial charge on any atom is 0.254 e. The highest BCUT2D eigenvalue weighted by Gasteiger charge is 2.24. The summed E-state index contributed by atoms with van der Waals surface area (Å²) in [5.41, 5.74) is 2.03. The summed E-state index contributed by atoms with van der Waals surface area (Å²) in [5.74, 6) is 0.174.